The predicted octanol–water partition coefficient (Wildman–Crippen LogP) is 4.57. The van der Waals surface area contributed by atoms with Gasteiger partial charge in [0, 0.05) is 36.4 Å². The first-order valence-electron chi connectivity index (χ1n) is 10.2. The van der Waals surface area contributed by atoms with Crippen LogP contribution in [0.2, 0.25) is 0 Å². The van der Waals surface area contributed by atoms with Crippen molar-refractivity contribution in [3.8, 4) is 5.69 Å². The highest BCUT2D eigenvalue weighted by atomic mass is 16.1. The van der Waals surface area contributed by atoms with E-state index in [-0.39, 0.29) is 5.43 Å². The van der Waals surface area contributed by atoms with E-state index < -0.39 is 0 Å². The lowest BCUT2D eigenvalue weighted by Gasteiger charge is -2.12. The molecular weight excluding hydrogens is 360 g/mol. The van der Waals surface area contributed by atoms with Gasteiger partial charge >= 0.3 is 0 Å². The predicted molar refractivity (Wildman–Crippen MR) is 118 cm³/mol. The van der Waals surface area contributed by atoms with Crippen LogP contribution in [0.4, 0.5) is 5.69 Å². The summed E-state index contributed by atoms with van der Waals surface area (Å²) in [5.74, 6) is 0. The van der Waals surface area contributed by atoms with Crippen molar-refractivity contribution in [3.63, 3.8) is 0 Å². The molecule has 5 heteroatoms. The number of rotatable bonds is 8. The van der Waals surface area contributed by atoms with Gasteiger partial charge < -0.3 is 10.3 Å². The van der Waals surface area contributed by atoms with E-state index in [2.05, 4.69) is 27.9 Å². The number of hydrogen-bond donors (Lipinski definition) is 1. The average Bonchev–Trinajstić information content (AvgIpc) is 3.21. The molecule has 0 radical (unpaired) electrons. The second-order valence-electron chi connectivity index (χ2n) is 7.35. The minimum Gasteiger partial charge on any atom is -0.398 e. The molecule has 0 saturated heterocycles. The first-order valence-corrected chi connectivity index (χ1v) is 10.2. The molecule has 0 atom stereocenters. The van der Waals surface area contributed by atoms with Crippen molar-refractivity contribution < 1.29 is 0 Å². The minimum absolute atomic E-state index is 0.00984. The van der Waals surface area contributed by atoms with Gasteiger partial charge in [-0.2, -0.15) is 5.10 Å². The maximum atomic E-state index is 12.1. The molecule has 2 aromatic heterocycles. The number of nitrogen functional groups attached to an aromatic ring is 1. The number of aryl methyl sites for hydroxylation is 2. The summed E-state index contributed by atoms with van der Waals surface area (Å²) in [6.07, 6.45) is 9.29. The van der Waals surface area contributed by atoms with Crippen molar-refractivity contribution >= 4 is 16.6 Å². The Morgan fingerprint density at radius 2 is 1.69 bits per heavy atom. The smallest absolute Gasteiger partial charge is 0.191 e. The number of pyridine rings is 1. The molecule has 0 spiro atoms. The Labute approximate surface area is 170 Å². The molecule has 0 bridgehead atoms. The summed E-state index contributed by atoms with van der Waals surface area (Å²) in [5, 5.41) is 5.09. The van der Waals surface area contributed by atoms with E-state index in [9.17, 15) is 4.79 Å². The molecule has 29 heavy (non-hydrogen) atoms. The van der Waals surface area contributed by atoms with Crippen LogP contribution in [0.15, 0.2) is 77.9 Å². The van der Waals surface area contributed by atoms with Crippen LogP contribution in [0.1, 0.15) is 31.4 Å². The van der Waals surface area contributed by atoms with Gasteiger partial charge in [0.05, 0.1) is 16.6 Å². The van der Waals surface area contributed by atoms with E-state index in [1.54, 1.807) is 12.1 Å². The highest BCUT2D eigenvalue weighted by molar-refractivity contribution is 5.90. The Morgan fingerprint density at radius 1 is 0.862 bits per heavy atom. The lowest BCUT2D eigenvalue weighted by molar-refractivity contribution is 0.574. The Hall–Kier alpha value is -3.34. The lowest BCUT2D eigenvalue weighted by Crippen LogP contribution is -2.10. The van der Waals surface area contributed by atoms with E-state index in [0.717, 1.165) is 43.4 Å². The molecule has 0 aliphatic heterocycles. The first kappa shape index (κ1) is 19.0. The third-order valence-corrected chi connectivity index (χ3v) is 5.34. The highest BCUT2D eigenvalue weighted by Gasteiger charge is 2.06. The van der Waals surface area contributed by atoms with Crippen molar-refractivity contribution in [2.45, 2.75) is 38.6 Å². The number of para-hydroxylation sites is 1. The van der Waals surface area contributed by atoms with Crippen LogP contribution in [0.5, 0.6) is 0 Å². The first-order chi connectivity index (χ1) is 14.2. The zero-order valence-corrected chi connectivity index (χ0v) is 16.5. The fourth-order valence-corrected chi connectivity index (χ4v) is 3.85. The van der Waals surface area contributed by atoms with Crippen LogP contribution < -0.4 is 11.2 Å². The Balaban J connectivity index is 1.29. The molecule has 2 N–H and O–H groups in total. The van der Waals surface area contributed by atoms with Gasteiger partial charge in [0.2, 0.25) is 0 Å². The number of anilines is 1. The molecule has 0 fully saturated rings. The average molecular weight is 386 g/mol. The zero-order chi connectivity index (χ0) is 20.1. The summed E-state index contributed by atoms with van der Waals surface area (Å²) in [5.41, 5.74) is 9.82. The number of fused-ring (bicyclic) bond motifs is 1. The summed E-state index contributed by atoms with van der Waals surface area (Å²) < 4.78 is 4.16. The topological polar surface area (TPSA) is 65.8 Å². The largest absolute Gasteiger partial charge is 0.398 e. The summed E-state index contributed by atoms with van der Waals surface area (Å²) in [4.78, 5) is 12.1. The van der Waals surface area contributed by atoms with Crippen LogP contribution >= 0.6 is 0 Å². The number of nitrogens with zero attached hydrogens (tertiary/aromatic N) is 3. The molecule has 148 valence electrons. The summed E-state index contributed by atoms with van der Waals surface area (Å²) in [6, 6.07) is 19.6. The molecule has 5 nitrogen and oxygen atoms in total. The zero-order valence-electron chi connectivity index (χ0n) is 16.5. The monoisotopic (exact) mass is 386 g/mol. The van der Waals surface area contributed by atoms with Gasteiger partial charge in [0.15, 0.2) is 5.43 Å². The van der Waals surface area contributed by atoms with Crippen LogP contribution in [-0.4, -0.2) is 14.3 Å². The van der Waals surface area contributed by atoms with Crippen molar-refractivity contribution in [2.24, 2.45) is 0 Å². The summed E-state index contributed by atoms with van der Waals surface area (Å²) >= 11 is 0. The molecule has 0 amide bonds. The van der Waals surface area contributed by atoms with Crippen LogP contribution in [0.3, 0.4) is 0 Å². The van der Waals surface area contributed by atoms with E-state index >= 15 is 0 Å². The third-order valence-electron chi connectivity index (χ3n) is 5.34. The van der Waals surface area contributed by atoms with Gasteiger partial charge in [-0.25, -0.2) is 4.68 Å². The number of benzene rings is 2. The molecule has 0 aliphatic carbocycles. The van der Waals surface area contributed by atoms with E-state index in [1.165, 1.54) is 12.1 Å². The molecule has 4 aromatic rings. The van der Waals surface area contributed by atoms with Gasteiger partial charge in [-0.15, -0.1) is 0 Å². The van der Waals surface area contributed by atoms with Gasteiger partial charge in [-0.3, -0.25) is 4.79 Å². The van der Waals surface area contributed by atoms with E-state index in [1.807, 2.05) is 47.4 Å². The summed E-state index contributed by atoms with van der Waals surface area (Å²) in [7, 11) is 0. The fourth-order valence-electron chi connectivity index (χ4n) is 3.85. The Bertz CT molecular complexity index is 1140. The molecular formula is C24H26N4O. The standard InChI is InChI=1S/C24H26N4O/c25-21-12-8-13-22-24(21)23(29)15-18-27(22)17-7-2-1-4-11-20-14-16-26-28(20)19-9-5-3-6-10-19/h3,5-6,8-10,12-16,18H,1-2,4,7,11,17,25H2. The minimum atomic E-state index is -0.00984. The number of nitrogens with two attached hydrogens (primary N) is 1. The van der Waals surface area contributed by atoms with Crippen molar-refractivity contribution in [2.75, 3.05) is 5.73 Å². The molecule has 0 saturated carbocycles. The van der Waals surface area contributed by atoms with E-state index in [0.29, 0.717) is 11.1 Å². The number of aromatic nitrogens is 3. The highest BCUT2D eigenvalue weighted by Crippen LogP contribution is 2.18. The Kier molecular flexibility index (Phi) is 5.75. The number of unbranched alkanes of at least 4 members (excludes halogenated alkanes) is 3. The van der Waals surface area contributed by atoms with Crippen LogP contribution in [-0.2, 0) is 13.0 Å². The molecule has 0 aliphatic rings. The third kappa shape index (κ3) is 4.24. The number of hydrogen-bond acceptors (Lipinski definition) is 3. The van der Waals surface area contributed by atoms with Gasteiger partial charge in [0.25, 0.3) is 0 Å². The lowest BCUT2D eigenvalue weighted by atomic mass is 10.1. The molecule has 0 unspecified atom stereocenters. The fraction of sp³-hybridized carbons (Fsp3) is 0.250. The van der Waals surface area contributed by atoms with Gasteiger partial charge in [0.1, 0.15) is 0 Å². The summed E-state index contributed by atoms with van der Waals surface area (Å²) in [6.45, 7) is 0.891. The van der Waals surface area contributed by atoms with Crippen molar-refractivity contribution in [1.82, 2.24) is 14.3 Å². The molecule has 2 heterocycles. The van der Waals surface area contributed by atoms with Crippen LogP contribution in [0, 0.1) is 0 Å². The quantitative estimate of drug-likeness (QED) is 0.356. The van der Waals surface area contributed by atoms with Crippen molar-refractivity contribution in [1.29, 1.82) is 0 Å². The maximum absolute atomic E-state index is 12.1. The second-order valence-corrected chi connectivity index (χ2v) is 7.35. The SMILES string of the molecule is Nc1cccc2c1c(=O)ccn2CCCCCCc1ccnn1-c1ccccc1. The normalized spacial score (nSPS) is 11.2. The van der Waals surface area contributed by atoms with Crippen LogP contribution in [0.25, 0.3) is 16.6 Å². The molecule has 2 aromatic carbocycles. The van der Waals surface area contributed by atoms with Gasteiger partial charge in [-0.05, 0) is 49.6 Å². The molecule has 4 rings (SSSR count). The second kappa shape index (κ2) is 8.78. The maximum Gasteiger partial charge on any atom is 0.191 e. The van der Waals surface area contributed by atoms with E-state index in [4.69, 9.17) is 5.73 Å². The van der Waals surface area contributed by atoms with Crippen molar-refractivity contribution in [3.05, 3.63) is 89.0 Å². The van der Waals surface area contributed by atoms with Gasteiger partial charge in [-0.1, -0.05) is 37.1 Å². The Morgan fingerprint density at radius 3 is 2.55 bits per heavy atom.